The van der Waals surface area contributed by atoms with Gasteiger partial charge in [-0.1, -0.05) is 39.2 Å². The molecule has 0 N–H and O–H groups in total. The van der Waals surface area contributed by atoms with Gasteiger partial charge in [0.15, 0.2) is 0 Å². The van der Waals surface area contributed by atoms with E-state index >= 15 is 0 Å². The largest absolute Gasteiger partial charge is 0.241 e. The first kappa shape index (κ1) is 23.9. The molecule has 35 heavy (non-hydrogen) atoms. The van der Waals surface area contributed by atoms with Crippen LogP contribution < -0.4 is 0 Å². The first-order valence-corrected chi connectivity index (χ1v) is 15.0. The van der Waals surface area contributed by atoms with Gasteiger partial charge in [-0.15, -0.1) is 0 Å². The van der Waals surface area contributed by atoms with Crippen molar-refractivity contribution < 1.29 is 4.39 Å². The van der Waals surface area contributed by atoms with Crippen LogP contribution >= 0.6 is 0 Å². The summed E-state index contributed by atoms with van der Waals surface area (Å²) in [7, 11) is 0. The molecule has 4 saturated carbocycles. The van der Waals surface area contributed by atoms with Crippen LogP contribution in [0.1, 0.15) is 110 Å². The number of rotatable bonds is 6. The number of hydrogen-bond acceptors (Lipinski definition) is 2. The minimum Gasteiger partial charge on any atom is -0.241 e. The molecule has 7 atom stereocenters. The van der Waals surface area contributed by atoms with Crippen molar-refractivity contribution in [2.75, 3.05) is 0 Å². The van der Waals surface area contributed by atoms with E-state index in [1.54, 1.807) is 12.3 Å². The molecular weight excluding hydrogens is 431 g/mol. The Balaban J connectivity index is 1.15. The monoisotopic (exact) mass is 476 g/mol. The van der Waals surface area contributed by atoms with Gasteiger partial charge in [0.2, 0.25) is 0 Å². The lowest BCUT2D eigenvalue weighted by Crippen LogP contribution is -2.57. The zero-order valence-electron chi connectivity index (χ0n) is 22.1. The molecule has 1 aromatic heterocycles. The van der Waals surface area contributed by atoms with Gasteiger partial charge in [-0.3, -0.25) is 0 Å². The van der Waals surface area contributed by atoms with Gasteiger partial charge in [0, 0.05) is 12.6 Å². The van der Waals surface area contributed by atoms with Crippen molar-refractivity contribution in [2.45, 2.75) is 110 Å². The third-order valence-corrected chi connectivity index (χ3v) is 11.7. The molecule has 1 aromatic carbocycles. The molecule has 0 radical (unpaired) electrons. The maximum Gasteiger partial charge on any atom is 0.134 e. The standard InChI is InChI=1S/C32H45FN2/c1-3-18-32-20-17-23-9-4-5-19-31(23,2)29(32)16-14-24-22(13-15-26(24)32)8-6-12-30-34-21-25-27(33)10-7-11-28(25)35-30/h7,10-11,21-24,26,29H,3-6,8-9,12-20H2,1-2H3. The molecule has 190 valence electrons. The van der Waals surface area contributed by atoms with E-state index in [4.69, 9.17) is 0 Å². The Morgan fingerprint density at radius 3 is 2.83 bits per heavy atom. The molecule has 0 bridgehead atoms. The summed E-state index contributed by atoms with van der Waals surface area (Å²) in [5, 5.41) is 0.536. The summed E-state index contributed by atoms with van der Waals surface area (Å²) >= 11 is 0. The van der Waals surface area contributed by atoms with Gasteiger partial charge in [-0.2, -0.15) is 0 Å². The van der Waals surface area contributed by atoms with Gasteiger partial charge in [0.05, 0.1) is 10.9 Å². The molecule has 0 saturated heterocycles. The zero-order chi connectivity index (χ0) is 24.0. The lowest BCUT2D eigenvalue weighted by molar-refractivity contribution is -0.155. The Kier molecular flexibility index (Phi) is 6.42. The molecule has 2 nitrogen and oxygen atoms in total. The molecule has 4 aliphatic carbocycles. The van der Waals surface area contributed by atoms with E-state index in [1.807, 2.05) is 6.07 Å². The van der Waals surface area contributed by atoms with Crippen LogP contribution in [0.2, 0.25) is 0 Å². The zero-order valence-corrected chi connectivity index (χ0v) is 22.1. The molecule has 7 unspecified atom stereocenters. The fraction of sp³-hybridized carbons (Fsp3) is 0.750. The van der Waals surface area contributed by atoms with Crippen molar-refractivity contribution in [3.8, 4) is 0 Å². The average molecular weight is 477 g/mol. The SMILES string of the molecule is CCCC12CCC3CCCCC3(C)C1CCC1C(CCCc3ncc4c(F)cccc4n3)CCC12. The first-order chi connectivity index (χ1) is 17.0. The second kappa shape index (κ2) is 9.42. The van der Waals surface area contributed by atoms with Crippen molar-refractivity contribution in [1.82, 2.24) is 9.97 Å². The number of hydrogen-bond donors (Lipinski definition) is 0. The third-order valence-electron chi connectivity index (χ3n) is 11.7. The van der Waals surface area contributed by atoms with Crippen LogP contribution in [0.15, 0.2) is 24.4 Å². The lowest BCUT2D eigenvalue weighted by atomic mass is 9.40. The fourth-order valence-electron chi connectivity index (χ4n) is 10.4. The van der Waals surface area contributed by atoms with Crippen LogP contribution in [-0.4, -0.2) is 9.97 Å². The molecule has 2 aromatic rings. The summed E-state index contributed by atoms with van der Waals surface area (Å²) in [4.78, 5) is 9.16. The quantitative estimate of drug-likeness (QED) is 0.416. The maximum atomic E-state index is 14.0. The molecule has 0 aliphatic heterocycles. The molecule has 4 fully saturated rings. The molecular formula is C32H45FN2. The minimum atomic E-state index is -0.223. The fourth-order valence-corrected chi connectivity index (χ4v) is 10.4. The second-order valence-electron chi connectivity index (χ2n) is 13.1. The highest BCUT2D eigenvalue weighted by Gasteiger charge is 2.62. The number of aryl methyl sites for hydroxylation is 1. The van der Waals surface area contributed by atoms with Crippen molar-refractivity contribution in [3.05, 3.63) is 36.0 Å². The van der Waals surface area contributed by atoms with E-state index in [2.05, 4.69) is 23.8 Å². The summed E-state index contributed by atoms with van der Waals surface area (Å²) in [6.45, 7) is 5.18. The van der Waals surface area contributed by atoms with Crippen molar-refractivity contribution >= 4 is 10.9 Å². The van der Waals surface area contributed by atoms with E-state index in [9.17, 15) is 4.39 Å². The normalized spacial score (nSPS) is 38.7. The topological polar surface area (TPSA) is 25.8 Å². The van der Waals surface area contributed by atoms with E-state index in [1.165, 1.54) is 96.0 Å². The van der Waals surface area contributed by atoms with Crippen LogP contribution in [0.3, 0.4) is 0 Å². The Bertz CT molecular complexity index is 1050. The van der Waals surface area contributed by atoms with Gasteiger partial charge in [0.25, 0.3) is 0 Å². The van der Waals surface area contributed by atoms with Crippen LogP contribution in [0, 0.1) is 46.2 Å². The van der Waals surface area contributed by atoms with E-state index in [-0.39, 0.29) is 5.82 Å². The minimum absolute atomic E-state index is 0.223. The van der Waals surface area contributed by atoms with Crippen LogP contribution in [0.5, 0.6) is 0 Å². The van der Waals surface area contributed by atoms with Gasteiger partial charge >= 0.3 is 0 Å². The Morgan fingerprint density at radius 1 is 1.03 bits per heavy atom. The van der Waals surface area contributed by atoms with E-state index < -0.39 is 0 Å². The molecule has 0 spiro atoms. The summed E-state index contributed by atoms with van der Waals surface area (Å²) in [5.41, 5.74) is 2.00. The van der Waals surface area contributed by atoms with Gasteiger partial charge in [0.1, 0.15) is 11.6 Å². The second-order valence-corrected chi connectivity index (χ2v) is 13.1. The number of nitrogens with zero attached hydrogens (tertiary/aromatic N) is 2. The van der Waals surface area contributed by atoms with Crippen molar-refractivity contribution in [3.63, 3.8) is 0 Å². The molecule has 1 heterocycles. The third kappa shape index (κ3) is 3.95. The molecule has 0 amide bonds. The van der Waals surface area contributed by atoms with E-state index in [0.29, 0.717) is 16.2 Å². The van der Waals surface area contributed by atoms with Crippen LogP contribution in [-0.2, 0) is 6.42 Å². The highest BCUT2D eigenvalue weighted by molar-refractivity contribution is 5.78. The first-order valence-electron chi connectivity index (χ1n) is 15.0. The summed E-state index contributed by atoms with van der Waals surface area (Å²) < 4.78 is 14.0. The number of benzene rings is 1. The smallest absolute Gasteiger partial charge is 0.134 e. The summed E-state index contributed by atoms with van der Waals surface area (Å²) in [6.07, 6.45) is 22.9. The Labute approximate surface area is 211 Å². The van der Waals surface area contributed by atoms with Crippen LogP contribution in [0.4, 0.5) is 4.39 Å². The van der Waals surface area contributed by atoms with Gasteiger partial charge < -0.3 is 0 Å². The maximum absolute atomic E-state index is 14.0. The summed E-state index contributed by atoms with van der Waals surface area (Å²) in [6, 6.07) is 5.14. The number of fused-ring (bicyclic) bond motifs is 6. The lowest BCUT2D eigenvalue weighted by Gasteiger charge is -2.65. The highest BCUT2D eigenvalue weighted by Crippen LogP contribution is 2.70. The summed E-state index contributed by atoms with van der Waals surface area (Å²) in [5.74, 6) is 5.48. The van der Waals surface area contributed by atoms with E-state index in [0.717, 1.165) is 47.4 Å². The number of aromatic nitrogens is 2. The average Bonchev–Trinajstić information content (AvgIpc) is 3.28. The van der Waals surface area contributed by atoms with Crippen molar-refractivity contribution in [1.29, 1.82) is 0 Å². The molecule has 6 rings (SSSR count). The Hall–Kier alpha value is -1.51. The van der Waals surface area contributed by atoms with Crippen molar-refractivity contribution in [2.24, 2.45) is 40.4 Å². The number of halogens is 1. The molecule has 4 aliphatic rings. The highest BCUT2D eigenvalue weighted by atomic mass is 19.1. The Morgan fingerprint density at radius 2 is 1.94 bits per heavy atom. The van der Waals surface area contributed by atoms with Crippen LogP contribution in [0.25, 0.3) is 10.9 Å². The van der Waals surface area contributed by atoms with Gasteiger partial charge in [-0.05, 0) is 123 Å². The van der Waals surface area contributed by atoms with Gasteiger partial charge in [-0.25, -0.2) is 14.4 Å². The molecule has 3 heteroatoms. The predicted molar refractivity (Wildman–Crippen MR) is 142 cm³/mol. The predicted octanol–water partition coefficient (Wildman–Crippen LogP) is 8.92.